The number of esters is 1. The third-order valence-electron chi connectivity index (χ3n) is 4.25. The van der Waals surface area contributed by atoms with Crippen LogP contribution < -0.4 is 5.32 Å². The van der Waals surface area contributed by atoms with Gasteiger partial charge in [-0.1, -0.05) is 31.0 Å². The Morgan fingerprint density at radius 1 is 1.30 bits per heavy atom. The van der Waals surface area contributed by atoms with Crippen LogP contribution in [0.2, 0.25) is 0 Å². The zero-order chi connectivity index (χ0) is 14.2. The lowest BCUT2D eigenvalue weighted by Crippen LogP contribution is -2.53. The average Bonchev–Trinajstić information content (AvgIpc) is 2.91. The van der Waals surface area contributed by atoms with Gasteiger partial charge in [-0.2, -0.15) is 0 Å². The van der Waals surface area contributed by atoms with Crippen LogP contribution in [-0.2, 0) is 16.0 Å². The van der Waals surface area contributed by atoms with Gasteiger partial charge in [0.15, 0.2) is 5.60 Å². The van der Waals surface area contributed by atoms with Gasteiger partial charge in [-0.25, -0.2) is 4.79 Å². The van der Waals surface area contributed by atoms with Gasteiger partial charge in [0.2, 0.25) is 0 Å². The van der Waals surface area contributed by atoms with Crippen LogP contribution >= 0.6 is 0 Å². The molecule has 0 spiro atoms. The summed E-state index contributed by atoms with van der Waals surface area (Å²) in [5, 5.41) is 3.02. The first-order chi connectivity index (χ1) is 9.58. The molecular formula is C16H19NO3. The third kappa shape index (κ3) is 2.30. The number of hydrogen-bond donors (Lipinski definition) is 1. The highest BCUT2D eigenvalue weighted by Gasteiger charge is 2.43. The van der Waals surface area contributed by atoms with Crippen molar-refractivity contribution in [3.8, 4) is 0 Å². The predicted octanol–water partition coefficient (Wildman–Crippen LogP) is 2.22. The van der Waals surface area contributed by atoms with E-state index in [1.807, 2.05) is 12.1 Å². The van der Waals surface area contributed by atoms with Crippen molar-refractivity contribution in [2.45, 2.75) is 50.7 Å². The van der Waals surface area contributed by atoms with Gasteiger partial charge in [-0.15, -0.1) is 0 Å². The summed E-state index contributed by atoms with van der Waals surface area (Å²) in [5.41, 5.74) is 0.361. The Bertz CT molecular complexity index is 548. The van der Waals surface area contributed by atoms with Gasteiger partial charge in [0, 0.05) is 12.5 Å². The van der Waals surface area contributed by atoms with E-state index in [-0.39, 0.29) is 11.9 Å². The minimum Gasteiger partial charge on any atom is -0.445 e. The minimum atomic E-state index is -1.09. The maximum Gasteiger partial charge on any atom is 0.339 e. The van der Waals surface area contributed by atoms with Gasteiger partial charge < -0.3 is 10.1 Å². The normalized spacial score (nSPS) is 25.9. The molecule has 106 valence electrons. The van der Waals surface area contributed by atoms with Gasteiger partial charge >= 0.3 is 5.97 Å². The molecule has 1 saturated carbocycles. The lowest BCUT2D eigenvalue weighted by molar-refractivity contribution is -0.140. The van der Waals surface area contributed by atoms with E-state index in [1.165, 1.54) is 0 Å². The summed E-state index contributed by atoms with van der Waals surface area (Å²) in [5.74, 6) is -0.580. The molecule has 1 N–H and O–H groups in total. The van der Waals surface area contributed by atoms with E-state index in [0.29, 0.717) is 12.0 Å². The van der Waals surface area contributed by atoms with Crippen molar-refractivity contribution in [2.24, 2.45) is 0 Å². The van der Waals surface area contributed by atoms with E-state index in [2.05, 4.69) is 5.32 Å². The molecule has 0 unspecified atom stereocenters. The molecule has 1 heterocycles. The van der Waals surface area contributed by atoms with Crippen molar-refractivity contribution in [3.63, 3.8) is 0 Å². The number of carbonyl (C=O) groups excluding carboxylic acids is 2. The van der Waals surface area contributed by atoms with Gasteiger partial charge in [0.1, 0.15) is 0 Å². The van der Waals surface area contributed by atoms with Crippen molar-refractivity contribution in [1.82, 2.24) is 5.32 Å². The molecule has 4 nitrogen and oxygen atoms in total. The summed E-state index contributed by atoms with van der Waals surface area (Å²) in [7, 11) is 0. The van der Waals surface area contributed by atoms with Crippen LogP contribution in [0.1, 0.15) is 48.5 Å². The molecule has 1 atom stereocenters. The highest BCUT2D eigenvalue weighted by atomic mass is 16.6. The van der Waals surface area contributed by atoms with Crippen molar-refractivity contribution >= 4 is 11.9 Å². The molecule has 1 fully saturated rings. The quantitative estimate of drug-likeness (QED) is 0.841. The number of nitrogens with one attached hydrogen (secondary N) is 1. The van der Waals surface area contributed by atoms with Crippen molar-refractivity contribution in [1.29, 1.82) is 0 Å². The number of rotatable bonds is 2. The maximum atomic E-state index is 12.4. The Balaban J connectivity index is 1.79. The molecule has 0 bridgehead atoms. The molecule has 1 aromatic rings. The first-order valence-electron chi connectivity index (χ1n) is 7.21. The van der Waals surface area contributed by atoms with Gasteiger partial charge in [-0.05, 0) is 31.4 Å². The van der Waals surface area contributed by atoms with Gasteiger partial charge in [0.25, 0.3) is 5.91 Å². The van der Waals surface area contributed by atoms with Gasteiger partial charge in [-0.3, -0.25) is 4.79 Å². The summed E-state index contributed by atoms with van der Waals surface area (Å²) < 4.78 is 5.42. The summed E-state index contributed by atoms with van der Waals surface area (Å²) in [6.07, 6.45) is 4.79. The number of hydrogen-bond acceptors (Lipinski definition) is 3. The highest BCUT2D eigenvalue weighted by Crippen LogP contribution is 2.29. The van der Waals surface area contributed by atoms with E-state index in [1.54, 1.807) is 19.1 Å². The van der Waals surface area contributed by atoms with Crippen LogP contribution in [-0.4, -0.2) is 23.5 Å². The number of fused-ring (bicyclic) bond motifs is 1. The van der Waals surface area contributed by atoms with E-state index in [9.17, 15) is 9.59 Å². The number of amides is 1. The van der Waals surface area contributed by atoms with Gasteiger partial charge in [0.05, 0.1) is 5.56 Å². The van der Waals surface area contributed by atoms with Crippen molar-refractivity contribution in [3.05, 3.63) is 35.4 Å². The van der Waals surface area contributed by atoms with Crippen LogP contribution in [0.25, 0.3) is 0 Å². The van der Waals surface area contributed by atoms with E-state index in [4.69, 9.17) is 4.74 Å². The average molecular weight is 273 g/mol. The Morgan fingerprint density at radius 2 is 2.00 bits per heavy atom. The SMILES string of the molecule is C[C@@]1(C(=O)NC2CCCC2)Cc2ccccc2C(=O)O1. The number of ether oxygens (including phenoxy) is 1. The monoisotopic (exact) mass is 273 g/mol. The molecule has 1 aliphatic heterocycles. The van der Waals surface area contributed by atoms with Crippen LogP contribution in [0, 0.1) is 0 Å². The fourth-order valence-electron chi connectivity index (χ4n) is 3.07. The van der Waals surface area contributed by atoms with Crippen LogP contribution in [0.5, 0.6) is 0 Å². The topological polar surface area (TPSA) is 55.4 Å². The second-order valence-electron chi connectivity index (χ2n) is 5.91. The lowest BCUT2D eigenvalue weighted by Gasteiger charge is -2.33. The summed E-state index contributed by atoms with van der Waals surface area (Å²) in [4.78, 5) is 24.5. The van der Waals surface area contributed by atoms with E-state index in [0.717, 1.165) is 31.2 Å². The Hall–Kier alpha value is -1.84. The fourth-order valence-corrected chi connectivity index (χ4v) is 3.07. The Kier molecular flexibility index (Phi) is 3.24. The number of carbonyl (C=O) groups is 2. The standard InChI is InChI=1S/C16H19NO3/c1-16(15(19)17-12-7-3-4-8-12)10-11-6-2-5-9-13(11)14(18)20-16/h2,5-6,9,12H,3-4,7-8,10H2,1H3,(H,17,19)/t16-/m0/s1. The molecule has 4 heteroatoms. The van der Waals surface area contributed by atoms with E-state index < -0.39 is 11.6 Å². The second kappa shape index (κ2) is 4.93. The molecule has 1 aliphatic carbocycles. The second-order valence-corrected chi connectivity index (χ2v) is 5.91. The summed E-state index contributed by atoms with van der Waals surface area (Å²) in [6.45, 7) is 1.70. The Morgan fingerprint density at radius 3 is 2.75 bits per heavy atom. The molecular weight excluding hydrogens is 254 g/mol. The molecule has 0 radical (unpaired) electrons. The smallest absolute Gasteiger partial charge is 0.339 e. The maximum absolute atomic E-state index is 12.4. The largest absolute Gasteiger partial charge is 0.445 e. The molecule has 3 rings (SSSR count). The first kappa shape index (κ1) is 13.2. The minimum absolute atomic E-state index is 0.174. The zero-order valence-electron chi connectivity index (χ0n) is 11.6. The fraction of sp³-hybridized carbons (Fsp3) is 0.500. The molecule has 1 aromatic carbocycles. The highest BCUT2D eigenvalue weighted by molar-refractivity contribution is 5.97. The zero-order valence-corrected chi connectivity index (χ0v) is 11.6. The van der Waals surface area contributed by atoms with Crippen LogP contribution in [0.4, 0.5) is 0 Å². The molecule has 20 heavy (non-hydrogen) atoms. The van der Waals surface area contributed by atoms with E-state index >= 15 is 0 Å². The molecule has 2 aliphatic rings. The molecule has 1 amide bonds. The van der Waals surface area contributed by atoms with Crippen LogP contribution in [0.15, 0.2) is 24.3 Å². The number of cyclic esters (lactones) is 1. The summed E-state index contributed by atoms with van der Waals surface area (Å²) >= 11 is 0. The summed E-state index contributed by atoms with van der Waals surface area (Å²) in [6, 6.07) is 7.55. The molecule has 0 aromatic heterocycles. The number of benzene rings is 1. The third-order valence-corrected chi connectivity index (χ3v) is 4.25. The van der Waals surface area contributed by atoms with Crippen molar-refractivity contribution < 1.29 is 14.3 Å². The first-order valence-corrected chi connectivity index (χ1v) is 7.21. The lowest BCUT2D eigenvalue weighted by atomic mass is 9.89. The Labute approximate surface area is 118 Å². The molecule has 0 saturated heterocycles. The van der Waals surface area contributed by atoms with Crippen LogP contribution in [0.3, 0.4) is 0 Å². The van der Waals surface area contributed by atoms with Crippen molar-refractivity contribution in [2.75, 3.05) is 0 Å². The predicted molar refractivity (Wildman–Crippen MR) is 74.4 cm³/mol.